The summed E-state index contributed by atoms with van der Waals surface area (Å²) in [6.45, 7) is 0.469. The molecule has 0 fully saturated rings. The molecule has 0 saturated heterocycles. The van der Waals surface area contributed by atoms with Crippen molar-refractivity contribution in [1.29, 1.82) is 0 Å². The first kappa shape index (κ1) is 13.8. The van der Waals surface area contributed by atoms with Gasteiger partial charge >= 0.3 is 11.9 Å². The summed E-state index contributed by atoms with van der Waals surface area (Å²) in [7, 11) is 3.52. The first-order chi connectivity index (χ1) is 6.86. The number of likely N-dealkylation sites (N-methyl/N-ethyl adjacent to an activating group) is 1. The first-order valence-corrected chi connectivity index (χ1v) is 4.26. The Morgan fingerprint density at radius 2 is 1.80 bits per heavy atom. The SMILES string of the molecule is CN(C)CCOC(=O)C(O)C(O)C(=O)O. The van der Waals surface area contributed by atoms with Gasteiger partial charge < -0.3 is 25.0 Å². The Morgan fingerprint density at radius 1 is 1.27 bits per heavy atom. The van der Waals surface area contributed by atoms with Gasteiger partial charge in [-0.3, -0.25) is 0 Å². The number of aliphatic hydroxyl groups excluding tert-OH is 2. The fourth-order valence-corrected chi connectivity index (χ4v) is 0.678. The van der Waals surface area contributed by atoms with Crippen molar-refractivity contribution < 1.29 is 29.6 Å². The molecule has 15 heavy (non-hydrogen) atoms. The van der Waals surface area contributed by atoms with Gasteiger partial charge in [-0.25, -0.2) is 9.59 Å². The first-order valence-electron chi connectivity index (χ1n) is 4.26. The van der Waals surface area contributed by atoms with E-state index >= 15 is 0 Å². The third kappa shape index (κ3) is 5.31. The molecular formula is C8H15NO6. The van der Waals surface area contributed by atoms with E-state index in [9.17, 15) is 9.59 Å². The number of carbonyl (C=O) groups excluding carboxylic acids is 1. The normalized spacial score (nSPS) is 14.7. The molecule has 2 atom stereocenters. The Bertz CT molecular complexity index is 229. The van der Waals surface area contributed by atoms with E-state index < -0.39 is 24.1 Å². The predicted molar refractivity (Wildman–Crippen MR) is 49.2 cm³/mol. The maximum atomic E-state index is 11.0. The maximum absolute atomic E-state index is 11.0. The monoisotopic (exact) mass is 221 g/mol. The highest BCUT2D eigenvalue weighted by Crippen LogP contribution is 1.97. The fourth-order valence-electron chi connectivity index (χ4n) is 0.678. The van der Waals surface area contributed by atoms with E-state index in [-0.39, 0.29) is 6.61 Å². The molecule has 2 unspecified atom stereocenters. The highest BCUT2D eigenvalue weighted by atomic mass is 16.6. The van der Waals surface area contributed by atoms with Gasteiger partial charge in [0.15, 0.2) is 12.2 Å². The highest BCUT2D eigenvalue weighted by Gasteiger charge is 2.31. The molecule has 0 saturated carbocycles. The van der Waals surface area contributed by atoms with E-state index in [0.717, 1.165) is 0 Å². The number of ether oxygens (including phenoxy) is 1. The molecule has 7 heteroatoms. The Balaban J connectivity index is 3.94. The highest BCUT2D eigenvalue weighted by molar-refractivity contribution is 5.84. The van der Waals surface area contributed by atoms with Gasteiger partial charge in [0.2, 0.25) is 0 Å². The quantitative estimate of drug-likeness (QED) is 0.441. The van der Waals surface area contributed by atoms with E-state index in [4.69, 9.17) is 15.3 Å². The minimum absolute atomic E-state index is 0.0230. The van der Waals surface area contributed by atoms with E-state index in [1.165, 1.54) is 0 Å². The molecule has 0 aliphatic heterocycles. The number of hydrogen-bond acceptors (Lipinski definition) is 6. The molecule has 0 aromatic carbocycles. The minimum atomic E-state index is -2.16. The molecule has 0 amide bonds. The lowest BCUT2D eigenvalue weighted by Gasteiger charge is -2.14. The van der Waals surface area contributed by atoms with Gasteiger partial charge in [0.1, 0.15) is 6.61 Å². The molecule has 88 valence electrons. The van der Waals surface area contributed by atoms with Gasteiger partial charge in [0.25, 0.3) is 0 Å². The van der Waals surface area contributed by atoms with Crippen molar-refractivity contribution in [2.45, 2.75) is 12.2 Å². The van der Waals surface area contributed by atoms with Gasteiger partial charge in [-0.1, -0.05) is 0 Å². The molecule has 0 aliphatic carbocycles. The van der Waals surface area contributed by atoms with Crippen LogP contribution in [-0.2, 0) is 14.3 Å². The molecule has 0 radical (unpaired) electrons. The Kier molecular flexibility index (Phi) is 5.83. The van der Waals surface area contributed by atoms with Crippen LogP contribution in [0.4, 0.5) is 0 Å². The zero-order valence-corrected chi connectivity index (χ0v) is 8.58. The average molecular weight is 221 g/mol. The lowest BCUT2D eigenvalue weighted by atomic mass is 10.2. The van der Waals surface area contributed by atoms with Crippen LogP contribution in [0.2, 0.25) is 0 Å². The van der Waals surface area contributed by atoms with E-state index in [2.05, 4.69) is 4.74 Å². The third-order valence-corrected chi connectivity index (χ3v) is 1.58. The van der Waals surface area contributed by atoms with Crippen molar-refractivity contribution in [2.24, 2.45) is 0 Å². The van der Waals surface area contributed by atoms with Crippen molar-refractivity contribution in [1.82, 2.24) is 4.90 Å². The van der Waals surface area contributed by atoms with E-state index in [0.29, 0.717) is 6.54 Å². The van der Waals surface area contributed by atoms with Crippen LogP contribution in [0.15, 0.2) is 0 Å². The van der Waals surface area contributed by atoms with Gasteiger partial charge in [-0.05, 0) is 14.1 Å². The number of carboxylic acid groups (broad SMARTS) is 1. The minimum Gasteiger partial charge on any atom is -0.479 e. The summed E-state index contributed by atoms with van der Waals surface area (Å²) in [5.41, 5.74) is 0. The van der Waals surface area contributed by atoms with E-state index in [1.54, 1.807) is 19.0 Å². The summed E-state index contributed by atoms with van der Waals surface area (Å²) in [5.74, 6) is -2.82. The largest absolute Gasteiger partial charge is 0.479 e. The van der Waals surface area contributed by atoms with Crippen molar-refractivity contribution in [3.63, 3.8) is 0 Å². The van der Waals surface area contributed by atoms with Crippen LogP contribution in [0.1, 0.15) is 0 Å². The summed E-state index contributed by atoms with van der Waals surface area (Å²) >= 11 is 0. The van der Waals surface area contributed by atoms with Crippen molar-refractivity contribution in [3.8, 4) is 0 Å². The van der Waals surface area contributed by atoms with Gasteiger partial charge in [-0.15, -0.1) is 0 Å². The lowest BCUT2D eigenvalue weighted by Crippen LogP contribution is -2.41. The second-order valence-corrected chi connectivity index (χ2v) is 3.20. The van der Waals surface area contributed by atoms with Crippen molar-refractivity contribution in [2.75, 3.05) is 27.2 Å². The maximum Gasteiger partial charge on any atom is 0.338 e. The van der Waals surface area contributed by atoms with E-state index in [1.807, 2.05) is 0 Å². The van der Waals surface area contributed by atoms with Crippen molar-refractivity contribution >= 4 is 11.9 Å². The summed E-state index contributed by atoms with van der Waals surface area (Å²) < 4.78 is 4.53. The molecule has 0 rings (SSSR count). The molecule has 0 heterocycles. The predicted octanol–water partition coefficient (Wildman–Crippen LogP) is -2.10. The molecule has 3 N–H and O–H groups in total. The second kappa shape index (κ2) is 6.33. The zero-order chi connectivity index (χ0) is 12.0. The summed E-state index contributed by atoms with van der Waals surface area (Å²) in [5, 5.41) is 26.1. The fraction of sp³-hybridized carbons (Fsp3) is 0.750. The van der Waals surface area contributed by atoms with Crippen LogP contribution in [0.25, 0.3) is 0 Å². The Labute approximate surface area is 86.9 Å². The molecular weight excluding hydrogens is 206 g/mol. The van der Waals surface area contributed by atoms with Gasteiger partial charge in [0, 0.05) is 6.54 Å². The number of rotatable bonds is 6. The second-order valence-electron chi connectivity index (χ2n) is 3.20. The van der Waals surface area contributed by atoms with Crippen LogP contribution in [0, 0.1) is 0 Å². The number of carboxylic acids is 1. The molecule has 7 nitrogen and oxygen atoms in total. The van der Waals surface area contributed by atoms with Gasteiger partial charge in [0.05, 0.1) is 0 Å². The lowest BCUT2D eigenvalue weighted by molar-refractivity contribution is -0.169. The molecule has 0 spiro atoms. The Morgan fingerprint density at radius 3 is 2.20 bits per heavy atom. The molecule has 0 aromatic heterocycles. The van der Waals surface area contributed by atoms with Gasteiger partial charge in [-0.2, -0.15) is 0 Å². The number of aliphatic hydroxyl groups is 2. The number of hydrogen-bond donors (Lipinski definition) is 3. The zero-order valence-electron chi connectivity index (χ0n) is 8.58. The van der Waals surface area contributed by atoms with Crippen LogP contribution in [-0.4, -0.2) is 71.6 Å². The van der Waals surface area contributed by atoms with Crippen LogP contribution in [0.5, 0.6) is 0 Å². The summed E-state index contributed by atoms with van der Waals surface area (Å²) in [4.78, 5) is 22.9. The van der Waals surface area contributed by atoms with Crippen LogP contribution < -0.4 is 0 Å². The average Bonchev–Trinajstić information content (AvgIpc) is 2.14. The Hall–Kier alpha value is -1.18. The number of carbonyl (C=O) groups is 2. The van der Waals surface area contributed by atoms with Crippen molar-refractivity contribution in [3.05, 3.63) is 0 Å². The third-order valence-electron chi connectivity index (χ3n) is 1.58. The number of aliphatic carboxylic acids is 1. The van der Waals surface area contributed by atoms with Crippen LogP contribution >= 0.6 is 0 Å². The summed E-state index contributed by atoms with van der Waals surface area (Å²) in [6, 6.07) is 0. The topological polar surface area (TPSA) is 107 Å². The molecule has 0 aromatic rings. The standard InChI is InChI=1S/C8H15NO6/c1-9(2)3-4-15-8(14)6(11)5(10)7(12)13/h5-6,10-11H,3-4H2,1-2H3,(H,12,13). The smallest absolute Gasteiger partial charge is 0.338 e. The molecule has 0 bridgehead atoms. The van der Waals surface area contributed by atoms with Crippen LogP contribution in [0.3, 0.4) is 0 Å². The molecule has 0 aliphatic rings. The number of nitrogens with zero attached hydrogens (tertiary/aromatic N) is 1. The summed E-state index contributed by atoms with van der Waals surface area (Å²) in [6.07, 6.45) is -4.21. The number of esters is 1.